The summed E-state index contributed by atoms with van der Waals surface area (Å²) in [6.45, 7) is 2.76. The normalized spacial score (nSPS) is 28.1. The van der Waals surface area contributed by atoms with Gasteiger partial charge in [-0.05, 0) is 18.8 Å². The molecule has 94 valence electrons. The Morgan fingerprint density at radius 3 is 2.38 bits per heavy atom. The molecule has 16 heavy (non-hydrogen) atoms. The third-order valence-corrected chi connectivity index (χ3v) is 5.39. The Labute approximate surface area is 101 Å². The molecule has 2 N–H and O–H groups in total. The van der Waals surface area contributed by atoms with E-state index >= 15 is 0 Å². The van der Waals surface area contributed by atoms with E-state index in [2.05, 4.69) is 4.90 Å². The summed E-state index contributed by atoms with van der Waals surface area (Å²) in [4.78, 5) is 2.50. The van der Waals surface area contributed by atoms with Crippen LogP contribution in [0.2, 0.25) is 0 Å². The maximum Gasteiger partial charge on any atom is 0.0363 e. The Bertz CT molecular complexity index is 231. The Morgan fingerprint density at radius 2 is 1.81 bits per heavy atom. The van der Waals surface area contributed by atoms with E-state index in [9.17, 15) is 4.21 Å². The summed E-state index contributed by atoms with van der Waals surface area (Å²) in [5.74, 6) is 2.50. The van der Waals surface area contributed by atoms with Gasteiger partial charge >= 0.3 is 0 Å². The fourth-order valence-corrected chi connectivity index (χ4v) is 4.22. The summed E-state index contributed by atoms with van der Waals surface area (Å²) >= 11 is 0. The fraction of sp³-hybridized carbons (Fsp3) is 1.00. The third-order valence-electron chi connectivity index (χ3n) is 4.12. The van der Waals surface area contributed by atoms with Crippen LogP contribution >= 0.6 is 0 Å². The van der Waals surface area contributed by atoms with Crippen LogP contribution in [0.25, 0.3) is 0 Å². The van der Waals surface area contributed by atoms with Gasteiger partial charge in [0.2, 0.25) is 0 Å². The highest BCUT2D eigenvalue weighted by atomic mass is 32.2. The van der Waals surface area contributed by atoms with Gasteiger partial charge in [-0.25, -0.2) is 0 Å². The molecular formula is C12H24N2OS. The van der Waals surface area contributed by atoms with Crippen molar-refractivity contribution < 1.29 is 4.21 Å². The lowest BCUT2D eigenvalue weighted by atomic mass is 9.83. The number of rotatable bonds is 3. The van der Waals surface area contributed by atoms with E-state index in [0.29, 0.717) is 6.04 Å². The second-order valence-electron chi connectivity index (χ2n) is 5.09. The molecule has 0 aromatic rings. The first-order valence-corrected chi connectivity index (χ1v) is 8.09. The molecule has 3 nitrogen and oxygen atoms in total. The van der Waals surface area contributed by atoms with E-state index < -0.39 is 10.8 Å². The molecule has 1 aliphatic heterocycles. The van der Waals surface area contributed by atoms with Crippen LogP contribution in [0.1, 0.15) is 32.1 Å². The first-order chi connectivity index (χ1) is 7.81. The van der Waals surface area contributed by atoms with Gasteiger partial charge in [0.1, 0.15) is 0 Å². The van der Waals surface area contributed by atoms with Crippen molar-refractivity contribution >= 4 is 10.8 Å². The number of hydrogen-bond acceptors (Lipinski definition) is 3. The van der Waals surface area contributed by atoms with Crippen LogP contribution in [0.3, 0.4) is 0 Å². The van der Waals surface area contributed by atoms with Crippen LogP contribution in [0.15, 0.2) is 0 Å². The zero-order valence-electron chi connectivity index (χ0n) is 10.1. The van der Waals surface area contributed by atoms with Crippen LogP contribution in [0.5, 0.6) is 0 Å². The van der Waals surface area contributed by atoms with Gasteiger partial charge in [0, 0.05) is 48.0 Å². The maximum atomic E-state index is 11.3. The first kappa shape index (κ1) is 12.5. The predicted molar refractivity (Wildman–Crippen MR) is 68.9 cm³/mol. The molecular weight excluding hydrogens is 220 g/mol. The van der Waals surface area contributed by atoms with Gasteiger partial charge in [0.25, 0.3) is 0 Å². The minimum atomic E-state index is -0.567. The number of hydrogen-bond donors (Lipinski definition) is 1. The maximum absolute atomic E-state index is 11.3. The van der Waals surface area contributed by atoms with E-state index in [0.717, 1.165) is 37.1 Å². The SMILES string of the molecule is NCC(C1CCCCC1)N1CCS(=O)CC1. The average Bonchev–Trinajstić information content (AvgIpc) is 2.34. The topological polar surface area (TPSA) is 46.3 Å². The van der Waals surface area contributed by atoms with E-state index in [-0.39, 0.29) is 0 Å². The summed E-state index contributed by atoms with van der Waals surface area (Å²) in [6.07, 6.45) is 6.85. The lowest BCUT2D eigenvalue weighted by molar-refractivity contribution is 0.132. The van der Waals surface area contributed by atoms with Crippen molar-refractivity contribution in [3.63, 3.8) is 0 Å². The van der Waals surface area contributed by atoms with E-state index in [1.165, 1.54) is 32.1 Å². The van der Waals surface area contributed by atoms with Gasteiger partial charge in [0.15, 0.2) is 0 Å². The molecule has 0 spiro atoms. The van der Waals surface area contributed by atoms with Gasteiger partial charge in [-0.3, -0.25) is 9.11 Å². The third kappa shape index (κ3) is 3.05. The molecule has 0 aromatic heterocycles. The Morgan fingerprint density at radius 1 is 1.19 bits per heavy atom. The van der Waals surface area contributed by atoms with Gasteiger partial charge < -0.3 is 5.73 Å². The smallest absolute Gasteiger partial charge is 0.0363 e. The number of nitrogens with two attached hydrogens (primary N) is 1. The summed E-state index contributed by atoms with van der Waals surface area (Å²) in [6, 6.07) is 0.553. The molecule has 2 rings (SSSR count). The van der Waals surface area contributed by atoms with Gasteiger partial charge in [-0.1, -0.05) is 19.3 Å². The standard InChI is InChI=1S/C12H24N2OS/c13-10-12(11-4-2-1-3-5-11)14-6-8-16(15)9-7-14/h11-12H,1-10,13H2. The summed E-state index contributed by atoms with van der Waals surface area (Å²) in [5.41, 5.74) is 5.95. The van der Waals surface area contributed by atoms with Crippen molar-refractivity contribution in [2.75, 3.05) is 31.1 Å². The summed E-state index contributed by atoms with van der Waals surface area (Å²) in [7, 11) is -0.567. The molecule has 1 saturated carbocycles. The molecule has 0 aromatic carbocycles. The quantitative estimate of drug-likeness (QED) is 0.804. The summed E-state index contributed by atoms with van der Waals surface area (Å²) in [5, 5.41) is 0. The van der Waals surface area contributed by atoms with Gasteiger partial charge in [-0.15, -0.1) is 0 Å². The Kier molecular flexibility index (Phi) is 4.79. The van der Waals surface area contributed by atoms with Crippen LogP contribution in [0.4, 0.5) is 0 Å². The molecule has 0 bridgehead atoms. The van der Waals surface area contributed by atoms with E-state index in [1.807, 2.05) is 0 Å². The Hall–Kier alpha value is 0.0700. The summed E-state index contributed by atoms with van der Waals surface area (Å²) < 4.78 is 11.3. The molecule has 1 unspecified atom stereocenters. The fourth-order valence-electron chi connectivity index (χ4n) is 3.14. The van der Waals surface area contributed by atoms with Gasteiger partial charge in [0.05, 0.1) is 0 Å². The zero-order valence-corrected chi connectivity index (χ0v) is 10.9. The monoisotopic (exact) mass is 244 g/mol. The van der Waals surface area contributed by atoms with Crippen LogP contribution in [0, 0.1) is 5.92 Å². The molecule has 1 aliphatic carbocycles. The highest BCUT2D eigenvalue weighted by molar-refractivity contribution is 7.85. The van der Waals surface area contributed by atoms with E-state index in [1.54, 1.807) is 0 Å². The van der Waals surface area contributed by atoms with E-state index in [4.69, 9.17) is 5.73 Å². The minimum absolute atomic E-state index is 0.553. The minimum Gasteiger partial charge on any atom is -0.329 e. The average molecular weight is 244 g/mol. The predicted octanol–water partition coefficient (Wildman–Crippen LogP) is 0.958. The van der Waals surface area contributed by atoms with Crippen molar-refractivity contribution in [1.82, 2.24) is 4.90 Å². The molecule has 1 saturated heterocycles. The Balaban J connectivity index is 1.90. The first-order valence-electron chi connectivity index (χ1n) is 6.60. The highest BCUT2D eigenvalue weighted by Crippen LogP contribution is 2.29. The molecule has 0 radical (unpaired) electrons. The molecule has 0 amide bonds. The number of nitrogens with zero attached hydrogens (tertiary/aromatic N) is 1. The lowest BCUT2D eigenvalue weighted by Gasteiger charge is -2.39. The molecule has 2 aliphatic rings. The van der Waals surface area contributed by atoms with Crippen molar-refractivity contribution in [2.45, 2.75) is 38.1 Å². The van der Waals surface area contributed by atoms with Crippen LogP contribution in [-0.4, -0.2) is 46.3 Å². The second-order valence-corrected chi connectivity index (χ2v) is 6.78. The van der Waals surface area contributed by atoms with Crippen molar-refractivity contribution in [2.24, 2.45) is 11.7 Å². The molecule has 2 fully saturated rings. The van der Waals surface area contributed by atoms with Crippen molar-refractivity contribution in [3.8, 4) is 0 Å². The lowest BCUT2D eigenvalue weighted by Crippen LogP contribution is -2.51. The van der Waals surface area contributed by atoms with Crippen LogP contribution < -0.4 is 5.73 Å². The molecule has 1 atom stereocenters. The van der Waals surface area contributed by atoms with Gasteiger partial charge in [-0.2, -0.15) is 0 Å². The highest BCUT2D eigenvalue weighted by Gasteiger charge is 2.29. The largest absolute Gasteiger partial charge is 0.329 e. The second kappa shape index (κ2) is 6.12. The van der Waals surface area contributed by atoms with Crippen molar-refractivity contribution in [1.29, 1.82) is 0 Å². The molecule has 4 heteroatoms. The van der Waals surface area contributed by atoms with Crippen molar-refractivity contribution in [3.05, 3.63) is 0 Å². The zero-order chi connectivity index (χ0) is 11.4. The van der Waals surface area contributed by atoms with Crippen LogP contribution in [-0.2, 0) is 10.8 Å². The molecule has 1 heterocycles.